The van der Waals surface area contributed by atoms with E-state index < -0.39 is 5.97 Å². The lowest BCUT2D eigenvalue weighted by Crippen LogP contribution is -2.20. The van der Waals surface area contributed by atoms with Crippen molar-refractivity contribution in [3.63, 3.8) is 0 Å². The first-order valence-electron chi connectivity index (χ1n) is 7.12. The summed E-state index contributed by atoms with van der Waals surface area (Å²) in [5, 5.41) is 4.90. The largest absolute Gasteiger partial charge is 0.483 e. The zero-order valence-electron chi connectivity index (χ0n) is 12.8. The number of carbonyl (C=O) groups excluding carboxylic acids is 2. The Morgan fingerprint density at radius 2 is 1.96 bits per heavy atom. The van der Waals surface area contributed by atoms with Crippen molar-refractivity contribution in [1.82, 2.24) is 4.98 Å². The van der Waals surface area contributed by atoms with Gasteiger partial charge in [0.25, 0.3) is 5.91 Å². The second-order valence-electron chi connectivity index (χ2n) is 4.84. The van der Waals surface area contributed by atoms with E-state index in [-0.39, 0.29) is 12.5 Å². The van der Waals surface area contributed by atoms with Crippen LogP contribution in [0.4, 0.5) is 5.13 Å². The van der Waals surface area contributed by atoms with E-state index in [0.717, 1.165) is 22.1 Å². The van der Waals surface area contributed by atoms with Crippen molar-refractivity contribution < 1.29 is 19.1 Å². The highest BCUT2D eigenvalue weighted by molar-refractivity contribution is 7.17. The number of amides is 1. The fourth-order valence-electron chi connectivity index (χ4n) is 2.15. The van der Waals surface area contributed by atoms with E-state index in [2.05, 4.69) is 15.0 Å². The number of esters is 1. The van der Waals surface area contributed by atoms with Gasteiger partial charge in [0.2, 0.25) is 0 Å². The fraction of sp³-hybridized carbons (Fsp3) is 0.118. The quantitative estimate of drug-likeness (QED) is 0.721. The molecule has 0 saturated carbocycles. The van der Waals surface area contributed by atoms with Crippen molar-refractivity contribution in [3.8, 4) is 5.75 Å². The Hall–Kier alpha value is -2.93. The number of fused-ring (bicyclic) bond motifs is 1. The Balaban J connectivity index is 1.63. The van der Waals surface area contributed by atoms with Gasteiger partial charge in [0.1, 0.15) is 10.6 Å². The molecule has 0 bridgehead atoms. The van der Waals surface area contributed by atoms with Crippen LogP contribution in [0.25, 0.3) is 10.8 Å². The summed E-state index contributed by atoms with van der Waals surface area (Å²) in [6.07, 6.45) is 1.36. The number of anilines is 1. The van der Waals surface area contributed by atoms with Gasteiger partial charge in [-0.2, -0.15) is 0 Å². The number of rotatable bonds is 5. The molecule has 1 amide bonds. The van der Waals surface area contributed by atoms with Crippen LogP contribution < -0.4 is 10.1 Å². The predicted molar refractivity (Wildman–Crippen MR) is 91.5 cm³/mol. The molecule has 24 heavy (non-hydrogen) atoms. The number of methoxy groups -OCH3 is 1. The summed E-state index contributed by atoms with van der Waals surface area (Å²) in [6.45, 7) is -0.152. The number of carbonyl (C=O) groups is 2. The Kier molecular flexibility index (Phi) is 4.72. The number of nitrogens with one attached hydrogen (secondary N) is 1. The molecule has 6 nitrogen and oxygen atoms in total. The summed E-state index contributed by atoms with van der Waals surface area (Å²) < 4.78 is 10.2. The highest BCUT2D eigenvalue weighted by Crippen LogP contribution is 2.25. The van der Waals surface area contributed by atoms with Gasteiger partial charge >= 0.3 is 5.97 Å². The van der Waals surface area contributed by atoms with E-state index in [1.165, 1.54) is 13.3 Å². The zero-order valence-corrected chi connectivity index (χ0v) is 13.6. The highest BCUT2D eigenvalue weighted by atomic mass is 32.1. The SMILES string of the molecule is COC(=O)c1cnc(NC(=O)COc2cccc3ccccc23)s1. The molecule has 122 valence electrons. The van der Waals surface area contributed by atoms with Crippen LogP contribution in [0.5, 0.6) is 5.75 Å². The van der Waals surface area contributed by atoms with Crippen LogP contribution in [-0.4, -0.2) is 30.6 Å². The van der Waals surface area contributed by atoms with Crippen LogP contribution in [-0.2, 0) is 9.53 Å². The number of benzene rings is 2. The van der Waals surface area contributed by atoms with Crippen LogP contribution in [0.3, 0.4) is 0 Å². The number of aromatic nitrogens is 1. The first-order valence-corrected chi connectivity index (χ1v) is 7.93. The lowest BCUT2D eigenvalue weighted by atomic mass is 10.1. The maximum atomic E-state index is 12.0. The molecule has 3 aromatic rings. The molecular formula is C17H14N2O4S. The van der Waals surface area contributed by atoms with Gasteiger partial charge in [0, 0.05) is 5.39 Å². The van der Waals surface area contributed by atoms with Crippen molar-refractivity contribution in [2.45, 2.75) is 0 Å². The monoisotopic (exact) mass is 342 g/mol. The Labute approximate surface area is 142 Å². The second-order valence-corrected chi connectivity index (χ2v) is 5.87. The lowest BCUT2D eigenvalue weighted by Gasteiger charge is -2.08. The number of hydrogen-bond donors (Lipinski definition) is 1. The van der Waals surface area contributed by atoms with Gasteiger partial charge in [-0.15, -0.1) is 0 Å². The first kappa shape index (κ1) is 15.9. The smallest absolute Gasteiger partial charge is 0.349 e. The van der Waals surface area contributed by atoms with Gasteiger partial charge in [-0.3, -0.25) is 10.1 Å². The molecule has 0 fully saturated rings. The van der Waals surface area contributed by atoms with Gasteiger partial charge in [-0.05, 0) is 11.5 Å². The zero-order chi connectivity index (χ0) is 16.9. The second kappa shape index (κ2) is 7.10. The Bertz CT molecular complexity index is 886. The van der Waals surface area contributed by atoms with Crippen molar-refractivity contribution in [3.05, 3.63) is 53.5 Å². The van der Waals surface area contributed by atoms with E-state index >= 15 is 0 Å². The van der Waals surface area contributed by atoms with E-state index in [1.807, 2.05) is 42.5 Å². The molecule has 0 atom stereocenters. The third-order valence-corrected chi connectivity index (χ3v) is 4.14. The molecule has 0 aliphatic rings. The van der Waals surface area contributed by atoms with Crippen LogP contribution in [0.2, 0.25) is 0 Å². The van der Waals surface area contributed by atoms with Crippen LogP contribution >= 0.6 is 11.3 Å². The van der Waals surface area contributed by atoms with Crippen molar-refractivity contribution in [1.29, 1.82) is 0 Å². The number of thiazole rings is 1. The van der Waals surface area contributed by atoms with Crippen molar-refractivity contribution >= 4 is 39.1 Å². The summed E-state index contributed by atoms with van der Waals surface area (Å²) >= 11 is 1.04. The topological polar surface area (TPSA) is 77.5 Å². The molecule has 0 radical (unpaired) electrons. The molecule has 0 saturated heterocycles. The molecule has 7 heteroatoms. The Morgan fingerprint density at radius 3 is 2.79 bits per heavy atom. The number of nitrogens with zero attached hydrogens (tertiary/aromatic N) is 1. The molecule has 1 N–H and O–H groups in total. The van der Waals surface area contributed by atoms with E-state index in [9.17, 15) is 9.59 Å². The molecular weight excluding hydrogens is 328 g/mol. The van der Waals surface area contributed by atoms with Gasteiger partial charge in [0.05, 0.1) is 13.3 Å². The first-order chi connectivity index (χ1) is 11.7. The highest BCUT2D eigenvalue weighted by Gasteiger charge is 2.13. The maximum absolute atomic E-state index is 12.0. The average Bonchev–Trinajstić information content (AvgIpc) is 3.07. The molecule has 3 rings (SSSR count). The minimum Gasteiger partial charge on any atom is -0.483 e. The van der Waals surface area contributed by atoms with Crippen molar-refractivity contribution in [2.75, 3.05) is 19.0 Å². The number of hydrogen-bond acceptors (Lipinski definition) is 6. The number of ether oxygens (including phenoxy) is 2. The normalized spacial score (nSPS) is 10.4. The maximum Gasteiger partial charge on any atom is 0.349 e. The van der Waals surface area contributed by atoms with Crippen LogP contribution in [0, 0.1) is 0 Å². The molecule has 0 aliphatic carbocycles. The Morgan fingerprint density at radius 1 is 1.17 bits per heavy atom. The van der Waals surface area contributed by atoms with E-state index in [0.29, 0.717) is 15.8 Å². The van der Waals surface area contributed by atoms with E-state index in [1.54, 1.807) is 0 Å². The average molecular weight is 342 g/mol. The minimum atomic E-state index is -0.486. The lowest BCUT2D eigenvalue weighted by molar-refractivity contribution is -0.118. The summed E-state index contributed by atoms with van der Waals surface area (Å²) in [7, 11) is 1.29. The summed E-state index contributed by atoms with van der Waals surface area (Å²) in [5.41, 5.74) is 0. The standard InChI is InChI=1S/C17H14N2O4S/c1-22-16(21)14-9-18-17(24-14)19-15(20)10-23-13-8-4-6-11-5-2-3-7-12(11)13/h2-9H,10H2,1H3,(H,18,19,20). The van der Waals surface area contributed by atoms with Gasteiger partial charge in [-0.1, -0.05) is 47.7 Å². The third kappa shape index (κ3) is 3.52. The van der Waals surface area contributed by atoms with Gasteiger partial charge in [0.15, 0.2) is 11.7 Å². The summed E-state index contributed by atoms with van der Waals surface area (Å²) in [5.74, 6) is -0.202. The minimum absolute atomic E-state index is 0.152. The van der Waals surface area contributed by atoms with Gasteiger partial charge in [-0.25, -0.2) is 9.78 Å². The van der Waals surface area contributed by atoms with E-state index in [4.69, 9.17) is 4.74 Å². The van der Waals surface area contributed by atoms with Gasteiger partial charge < -0.3 is 9.47 Å². The molecule has 0 unspecified atom stereocenters. The summed E-state index contributed by atoms with van der Waals surface area (Å²) in [4.78, 5) is 27.6. The molecule has 1 heterocycles. The van der Waals surface area contributed by atoms with Crippen LogP contribution in [0.1, 0.15) is 9.67 Å². The molecule has 0 spiro atoms. The predicted octanol–water partition coefficient (Wildman–Crippen LogP) is 3.10. The fourth-order valence-corrected chi connectivity index (χ4v) is 2.90. The molecule has 0 aliphatic heterocycles. The molecule has 2 aromatic carbocycles. The van der Waals surface area contributed by atoms with Crippen LogP contribution in [0.15, 0.2) is 48.7 Å². The third-order valence-electron chi connectivity index (χ3n) is 3.25. The molecule has 1 aromatic heterocycles. The summed E-state index contributed by atoms with van der Waals surface area (Å²) in [6, 6.07) is 13.4. The van der Waals surface area contributed by atoms with Crippen molar-refractivity contribution in [2.24, 2.45) is 0 Å².